The number of hydrogen-bond acceptors (Lipinski definition) is 6. The Morgan fingerprint density at radius 3 is 2.42 bits per heavy atom. The van der Waals surface area contributed by atoms with E-state index in [2.05, 4.69) is 9.97 Å². The van der Waals surface area contributed by atoms with E-state index in [0.717, 1.165) is 11.1 Å². The highest BCUT2D eigenvalue weighted by molar-refractivity contribution is 6.30. The smallest absolute Gasteiger partial charge is 0.410 e. The quantitative estimate of drug-likeness (QED) is 0.453. The second kappa shape index (κ2) is 9.69. The zero-order valence-electron chi connectivity index (χ0n) is 21.4. The first-order valence-corrected chi connectivity index (χ1v) is 12.4. The summed E-state index contributed by atoms with van der Waals surface area (Å²) in [5.41, 5.74) is 1.60. The van der Waals surface area contributed by atoms with E-state index in [-0.39, 0.29) is 16.7 Å². The monoisotopic (exact) mass is 515 g/mol. The maximum Gasteiger partial charge on any atom is 0.410 e. The van der Waals surface area contributed by atoms with Crippen molar-refractivity contribution in [2.24, 2.45) is 0 Å². The summed E-state index contributed by atoms with van der Waals surface area (Å²) in [7, 11) is 0. The van der Waals surface area contributed by atoms with Gasteiger partial charge in [-0.05, 0) is 50.8 Å². The molecule has 1 fully saturated rings. The summed E-state index contributed by atoms with van der Waals surface area (Å²) in [6.07, 6.45) is -0.393. The van der Waals surface area contributed by atoms with E-state index in [1.54, 1.807) is 4.90 Å². The van der Waals surface area contributed by atoms with Gasteiger partial charge >= 0.3 is 11.8 Å². The van der Waals surface area contributed by atoms with Crippen LogP contribution in [-0.2, 0) is 4.74 Å². The van der Waals surface area contributed by atoms with Crippen LogP contribution in [0.2, 0.25) is 5.15 Å². The molecule has 2 aromatic heterocycles. The van der Waals surface area contributed by atoms with Crippen LogP contribution in [0.1, 0.15) is 51.7 Å². The molecule has 0 aliphatic carbocycles. The average Bonchev–Trinajstić information content (AvgIpc) is 2.79. The number of benzene rings is 1. The number of amides is 1. The first-order chi connectivity index (χ1) is 16.9. The molecule has 0 saturated carbocycles. The number of hydrogen-bond donors (Lipinski definition) is 0. The van der Waals surface area contributed by atoms with Crippen LogP contribution in [0, 0.1) is 12.7 Å². The third-order valence-electron chi connectivity index (χ3n) is 6.10. The van der Waals surface area contributed by atoms with Crippen molar-refractivity contribution in [3.63, 3.8) is 0 Å². The summed E-state index contributed by atoms with van der Waals surface area (Å²) in [5.74, 6) is -0.255. The molecule has 0 atom stereocenters. The number of aryl methyl sites for hydroxylation is 1. The molecule has 4 rings (SSSR count). The van der Waals surface area contributed by atoms with Gasteiger partial charge in [0.05, 0.1) is 11.1 Å². The zero-order chi connectivity index (χ0) is 26.4. The molecule has 1 amide bonds. The predicted octanol–water partition coefficient (Wildman–Crippen LogP) is 5.06. The maximum absolute atomic E-state index is 14.6. The number of para-hydroxylation sites is 1. The van der Waals surface area contributed by atoms with Gasteiger partial charge < -0.3 is 14.5 Å². The van der Waals surface area contributed by atoms with Gasteiger partial charge in [-0.25, -0.2) is 23.5 Å². The molecule has 1 aromatic carbocycles. The molecular formula is C26H31ClFN5O3. The van der Waals surface area contributed by atoms with Gasteiger partial charge in [-0.2, -0.15) is 4.98 Å². The fourth-order valence-corrected chi connectivity index (χ4v) is 4.54. The second-order valence-corrected chi connectivity index (χ2v) is 10.7. The van der Waals surface area contributed by atoms with Gasteiger partial charge in [-0.3, -0.25) is 0 Å². The third-order valence-corrected chi connectivity index (χ3v) is 6.37. The molecule has 3 heterocycles. The molecule has 3 aromatic rings. The van der Waals surface area contributed by atoms with E-state index >= 15 is 0 Å². The number of ether oxygens (including phenoxy) is 1. The highest BCUT2D eigenvalue weighted by atomic mass is 35.5. The van der Waals surface area contributed by atoms with Crippen molar-refractivity contribution in [3.8, 4) is 5.69 Å². The van der Waals surface area contributed by atoms with Gasteiger partial charge in [0.1, 0.15) is 11.4 Å². The summed E-state index contributed by atoms with van der Waals surface area (Å²) in [6, 6.07) is 7.08. The van der Waals surface area contributed by atoms with Crippen LogP contribution in [0.5, 0.6) is 0 Å². The minimum absolute atomic E-state index is 0.123. The summed E-state index contributed by atoms with van der Waals surface area (Å²) in [6.45, 7) is 13.0. The zero-order valence-corrected chi connectivity index (χ0v) is 22.2. The molecule has 10 heteroatoms. The summed E-state index contributed by atoms with van der Waals surface area (Å²) < 4.78 is 21.5. The minimum Gasteiger partial charge on any atom is -0.444 e. The van der Waals surface area contributed by atoms with E-state index in [1.165, 1.54) is 10.6 Å². The summed E-state index contributed by atoms with van der Waals surface area (Å²) in [5, 5.41) is 0.0578. The Balaban J connectivity index is 1.81. The van der Waals surface area contributed by atoms with Crippen LogP contribution < -0.4 is 10.6 Å². The molecule has 0 bridgehead atoms. The number of pyridine rings is 1. The Hall–Kier alpha value is -3.20. The van der Waals surface area contributed by atoms with Gasteiger partial charge in [-0.1, -0.05) is 43.6 Å². The molecule has 1 aliphatic heterocycles. The molecule has 1 aliphatic rings. The number of halogens is 2. The van der Waals surface area contributed by atoms with E-state index in [0.29, 0.717) is 43.1 Å². The fourth-order valence-electron chi connectivity index (χ4n) is 4.41. The predicted molar refractivity (Wildman–Crippen MR) is 139 cm³/mol. The number of fused-ring (bicyclic) bond motifs is 1. The van der Waals surface area contributed by atoms with Crippen LogP contribution in [0.25, 0.3) is 16.7 Å². The standard InChI is InChI=1S/C26H31ClFN5O3/c1-15(2)17-9-7-8-16(3)20(17)33-23-18(14-19(28)21(27)29-23)22(30-24(33)34)31-10-12-32(13-11-31)25(35)36-26(4,5)6/h7-9,14-15H,10-13H2,1-6H3. The lowest BCUT2D eigenvalue weighted by atomic mass is 9.98. The number of piperazine rings is 1. The fraction of sp³-hybridized carbons (Fsp3) is 0.462. The Morgan fingerprint density at radius 1 is 1.14 bits per heavy atom. The van der Waals surface area contributed by atoms with E-state index in [1.807, 2.05) is 64.6 Å². The Bertz CT molecular complexity index is 1370. The highest BCUT2D eigenvalue weighted by Gasteiger charge is 2.29. The molecule has 0 N–H and O–H groups in total. The largest absolute Gasteiger partial charge is 0.444 e. The van der Waals surface area contributed by atoms with Crippen molar-refractivity contribution >= 4 is 34.5 Å². The van der Waals surface area contributed by atoms with E-state index < -0.39 is 23.2 Å². The highest BCUT2D eigenvalue weighted by Crippen LogP contribution is 2.31. The van der Waals surface area contributed by atoms with Crippen LogP contribution in [-0.4, -0.2) is 57.3 Å². The van der Waals surface area contributed by atoms with Crippen LogP contribution in [0.3, 0.4) is 0 Å². The Morgan fingerprint density at radius 2 is 1.81 bits per heavy atom. The third kappa shape index (κ3) is 5.02. The molecule has 1 saturated heterocycles. The van der Waals surface area contributed by atoms with E-state index in [9.17, 15) is 14.0 Å². The second-order valence-electron chi connectivity index (χ2n) is 10.3. The molecule has 0 spiro atoms. The average molecular weight is 516 g/mol. The summed E-state index contributed by atoms with van der Waals surface area (Å²) >= 11 is 6.09. The van der Waals surface area contributed by atoms with E-state index in [4.69, 9.17) is 16.3 Å². The first-order valence-electron chi connectivity index (χ1n) is 12.0. The van der Waals surface area contributed by atoms with Crippen molar-refractivity contribution in [1.29, 1.82) is 0 Å². The van der Waals surface area contributed by atoms with Gasteiger partial charge in [0.2, 0.25) is 0 Å². The number of carbonyl (C=O) groups excluding carboxylic acids is 1. The van der Waals surface area contributed by atoms with Gasteiger partial charge in [0.25, 0.3) is 0 Å². The normalized spacial score (nSPS) is 14.6. The van der Waals surface area contributed by atoms with Crippen LogP contribution >= 0.6 is 11.6 Å². The van der Waals surface area contributed by atoms with Gasteiger partial charge in [0, 0.05) is 26.2 Å². The van der Waals surface area contributed by atoms with Crippen molar-refractivity contribution in [2.75, 3.05) is 31.1 Å². The topological polar surface area (TPSA) is 80.6 Å². The molecule has 0 radical (unpaired) electrons. The Labute approximate surface area is 214 Å². The number of rotatable bonds is 3. The lowest BCUT2D eigenvalue weighted by Crippen LogP contribution is -2.50. The lowest BCUT2D eigenvalue weighted by molar-refractivity contribution is 0.0240. The number of nitrogens with zero attached hydrogens (tertiary/aromatic N) is 5. The van der Waals surface area contributed by atoms with Crippen LogP contribution in [0.4, 0.5) is 15.0 Å². The maximum atomic E-state index is 14.6. The minimum atomic E-state index is -0.696. The van der Waals surface area contributed by atoms with Gasteiger partial charge in [-0.15, -0.1) is 0 Å². The number of aromatic nitrogens is 3. The molecule has 36 heavy (non-hydrogen) atoms. The van der Waals surface area contributed by atoms with Crippen molar-refractivity contribution < 1.29 is 13.9 Å². The summed E-state index contributed by atoms with van der Waals surface area (Å²) in [4.78, 5) is 38.1. The number of anilines is 1. The van der Waals surface area contributed by atoms with Gasteiger partial charge in [0.15, 0.2) is 16.6 Å². The first kappa shape index (κ1) is 25.9. The lowest BCUT2D eigenvalue weighted by Gasteiger charge is -2.36. The molecule has 0 unspecified atom stereocenters. The van der Waals surface area contributed by atoms with Crippen molar-refractivity contribution in [1.82, 2.24) is 19.4 Å². The molecular weight excluding hydrogens is 485 g/mol. The van der Waals surface area contributed by atoms with Crippen LogP contribution in [0.15, 0.2) is 29.1 Å². The Kier molecular flexibility index (Phi) is 6.96. The molecule has 8 nitrogen and oxygen atoms in total. The number of carbonyl (C=O) groups is 1. The molecule has 192 valence electrons. The van der Waals surface area contributed by atoms with Crippen molar-refractivity contribution in [3.05, 3.63) is 56.8 Å². The SMILES string of the molecule is Cc1cccc(C(C)C)c1-n1c(=O)nc(N2CCN(C(=O)OC(C)(C)C)CC2)c2cc(F)c(Cl)nc21. The van der Waals surface area contributed by atoms with Crippen molar-refractivity contribution in [2.45, 2.75) is 53.1 Å².